The van der Waals surface area contributed by atoms with Crippen molar-refractivity contribution in [3.63, 3.8) is 0 Å². The number of Topliss-reactive ketones (excluding diaryl/α,β-unsaturated/α-hetero) is 1. The fraction of sp³-hybridized carbons (Fsp3) is 0.0741. The van der Waals surface area contributed by atoms with Gasteiger partial charge in [-0.15, -0.1) is 22.7 Å². The molecule has 2 aliphatic carbocycles. The lowest BCUT2D eigenvalue weighted by Gasteiger charge is -2.18. The van der Waals surface area contributed by atoms with Crippen molar-refractivity contribution in [2.75, 3.05) is 0 Å². The summed E-state index contributed by atoms with van der Waals surface area (Å²) < 4.78 is 0. The molecule has 144 valence electrons. The minimum atomic E-state index is -0.106. The van der Waals surface area contributed by atoms with E-state index in [0.29, 0.717) is 5.78 Å². The number of benzene rings is 2. The molecule has 0 spiro atoms. The van der Waals surface area contributed by atoms with Crippen LogP contribution in [-0.4, -0.2) is 5.78 Å². The van der Waals surface area contributed by atoms with E-state index in [1.165, 1.54) is 32.0 Å². The zero-order valence-electron chi connectivity index (χ0n) is 16.1. The Morgan fingerprint density at radius 2 is 1.10 bits per heavy atom. The molecule has 0 N–H and O–H groups in total. The Morgan fingerprint density at radius 1 is 0.600 bits per heavy atom. The van der Waals surface area contributed by atoms with Gasteiger partial charge in [-0.2, -0.15) is 0 Å². The van der Waals surface area contributed by atoms with Gasteiger partial charge < -0.3 is 0 Å². The predicted molar refractivity (Wildman–Crippen MR) is 128 cm³/mol. The summed E-state index contributed by atoms with van der Waals surface area (Å²) in [5, 5.41) is 4.17. The van der Waals surface area contributed by atoms with Crippen molar-refractivity contribution in [1.29, 1.82) is 0 Å². The minimum Gasteiger partial charge on any atom is -0.298 e. The molecule has 2 aromatic carbocycles. The van der Waals surface area contributed by atoms with E-state index in [1.807, 2.05) is 0 Å². The molecule has 3 heteroatoms. The average Bonchev–Trinajstić information content (AvgIpc) is 3.55. The molecule has 2 atom stereocenters. The van der Waals surface area contributed by atoms with Crippen LogP contribution in [0.3, 0.4) is 0 Å². The number of hydrogen-bond acceptors (Lipinski definition) is 3. The normalized spacial score (nSPS) is 19.1. The van der Waals surface area contributed by atoms with Gasteiger partial charge in [-0.05, 0) is 68.4 Å². The molecule has 2 aromatic heterocycles. The lowest BCUT2D eigenvalue weighted by atomic mass is 9.84. The number of thiophene rings is 2. The molecule has 2 aliphatic rings. The summed E-state index contributed by atoms with van der Waals surface area (Å²) in [4.78, 5) is 15.6. The summed E-state index contributed by atoms with van der Waals surface area (Å²) in [6, 6.07) is 21.3. The van der Waals surface area contributed by atoms with Gasteiger partial charge in [0.2, 0.25) is 0 Å². The Hall–Kier alpha value is -3.01. The van der Waals surface area contributed by atoms with Crippen LogP contribution in [0.5, 0.6) is 0 Å². The molecule has 2 heterocycles. The van der Waals surface area contributed by atoms with E-state index < -0.39 is 0 Å². The SMILES string of the molecule is O=C1[C@@H]2c3ccc(/C=C/c4cccs4)cc3[C@H]1c1ccc(/C=C/c3cccs3)cc12. The van der Waals surface area contributed by atoms with Gasteiger partial charge in [0.05, 0.1) is 11.8 Å². The first kappa shape index (κ1) is 17.8. The Kier molecular flexibility index (Phi) is 4.19. The number of fused-ring (bicyclic) bond motifs is 8. The minimum absolute atomic E-state index is 0.106. The third-order valence-corrected chi connectivity index (χ3v) is 7.68. The fourth-order valence-corrected chi connectivity index (χ4v) is 5.90. The maximum Gasteiger partial charge on any atom is 0.156 e. The Morgan fingerprint density at radius 3 is 1.53 bits per heavy atom. The van der Waals surface area contributed by atoms with E-state index in [-0.39, 0.29) is 11.8 Å². The van der Waals surface area contributed by atoms with E-state index in [4.69, 9.17) is 0 Å². The molecular formula is C27H18OS2. The molecule has 30 heavy (non-hydrogen) atoms. The van der Waals surface area contributed by atoms with E-state index in [1.54, 1.807) is 22.7 Å². The van der Waals surface area contributed by atoms with Gasteiger partial charge in [-0.3, -0.25) is 4.79 Å². The second-order valence-electron chi connectivity index (χ2n) is 7.74. The van der Waals surface area contributed by atoms with Gasteiger partial charge in [-0.25, -0.2) is 0 Å². The largest absolute Gasteiger partial charge is 0.298 e. The van der Waals surface area contributed by atoms with Crippen molar-refractivity contribution < 1.29 is 4.79 Å². The molecule has 0 radical (unpaired) electrons. The molecule has 0 saturated carbocycles. The van der Waals surface area contributed by atoms with Crippen molar-refractivity contribution >= 4 is 52.8 Å². The van der Waals surface area contributed by atoms with Gasteiger partial charge in [-0.1, -0.05) is 60.7 Å². The van der Waals surface area contributed by atoms with E-state index in [0.717, 1.165) is 11.1 Å². The molecule has 0 unspecified atom stereocenters. The van der Waals surface area contributed by atoms with E-state index >= 15 is 0 Å². The summed E-state index contributed by atoms with van der Waals surface area (Å²) in [6.45, 7) is 0. The number of hydrogen-bond donors (Lipinski definition) is 0. The summed E-state index contributed by atoms with van der Waals surface area (Å²) in [7, 11) is 0. The van der Waals surface area contributed by atoms with Crippen LogP contribution in [0.25, 0.3) is 24.3 Å². The van der Waals surface area contributed by atoms with Crippen molar-refractivity contribution in [3.8, 4) is 0 Å². The van der Waals surface area contributed by atoms with Crippen molar-refractivity contribution in [2.24, 2.45) is 0 Å². The van der Waals surface area contributed by atoms with Crippen LogP contribution in [0.1, 0.15) is 55.0 Å². The highest BCUT2D eigenvalue weighted by Gasteiger charge is 2.48. The molecule has 2 bridgehead atoms. The lowest BCUT2D eigenvalue weighted by Crippen LogP contribution is -2.03. The Bertz CT molecular complexity index is 1210. The molecule has 1 nitrogen and oxygen atoms in total. The summed E-state index contributed by atoms with van der Waals surface area (Å²) >= 11 is 3.46. The lowest BCUT2D eigenvalue weighted by molar-refractivity contribution is -0.118. The van der Waals surface area contributed by atoms with Crippen LogP contribution < -0.4 is 0 Å². The molecule has 0 amide bonds. The highest BCUT2D eigenvalue weighted by molar-refractivity contribution is 7.11. The highest BCUT2D eigenvalue weighted by atomic mass is 32.1. The summed E-state index contributed by atoms with van der Waals surface area (Å²) in [5.74, 6) is 0.120. The maximum absolute atomic E-state index is 13.2. The number of carbonyl (C=O) groups excluding carboxylic acids is 1. The monoisotopic (exact) mass is 422 g/mol. The quantitative estimate of drug-likeness (QED) is 0.337. The molecule has 0 saturated heterocycles. The maximum atomic E-state index is 13.2. The highest BCUT2D eigenvalue weighted by Crippen LogP contribution is 2.54. The van der Waals surface area contributed by atoms with Gasteiger partial charge in [0, 0.05) is 9.75 Å². The standard InChI is InChI=1S/C27H18OS2/c28-27-25-22-12-8-18(6-10-20-4-2-14-30-20)16-24(22)26(27)21-11-7-17(15-23(21)25)5-9-19-3-1-13-29-19/h1-16,25-26H/b9-5+,10-6+/t25-,26-/m1/s1. The van der Waals surface area contributed by atoms with Crippen molar-refractivity contribution in [3.05, 3.63) is 115 Å². The number of rotatable bonds is 4. The molecular weight excluding hydrogens is 404 g/mol. The van der Waals surface area contributed by atoms with Gasteiger partial charge in [0.25, 0.3) is 0 Å². The van der Waals surface area contributed by atoms with Crippen LogP contribution in [0.2, 0.25) is 0 Å². The third kappa shape index (κ3) is 2.85. The Labute approximate surface area is 183 Å². The zero-order chi connectivity index (χ0) is 20.1. The molecule has 0 fully saturated rings. The average molecular weight is 423 g/mol. The Balaban J connectivity index is 1.34. The first-order valence-electron chi connectivity index (χ1n) is 10.0. The van der Waals surface area contributed by atoms with E-state index in [9.17, 15) is 4.79 Å². The second kappa shape index (κ2) is 7.05. The van der Waals surface area contributed by atoms with Gasteiger partial charge in [0.15, 0.2) is 5.78 Å². The third-order valence-electron chi connectivity index (χ3n) is 6.00. The second-order valence-corrected chi connectivity index (χ2v) is 9.70. The fourth-order valence-electron chi connectivity index (χ4n) is 4.66. The first-order valence-corrected chi connectivity index (χ1v) is 11.8. The van der Waals surface area contributed by atoms with Crippen molar-refractivity contribution in [2.45, 2.75) is 11.8 Å². The molecule has 4 aromatic rings. The first-order chi connectivity index (χ1) is 14.8. The number of ketones is 1. The van der Waals surface area contributed by atoms with Crippen LogP contribution in [0, 0.1) is 0 Å². The number of carbonyl (C=O) groups is 1. The molecule has 6 rings (SSSR count). The topological polar surface area (TPSA) is 17.1 Å². The van der Waals surface area contributed by atoms with Gasteiger partial charge in [0.1, 0.15) is 0 Å². The van der Waals surface area contributed by atoms with Crippen molar-refractivity contribution in [1.82, 2.24) is 0 Å². The van der Waals surface area contributed by atoms with Crippen LogP contribution in [-0.2, 0) is 4.79 Å². The van der Waals surface area contributed by atoms with E-state index in [2.05, 4.69) is 95.7 Å². The zero-order valence-corrected chi connectivity index (χ0v) is 17.8. The van der Waals surface area contributed by atoms with Gasteiger partial charge >= 0.3 is 0 Å². The summed E-state index contributed by atoms with van der Waals surface area (Å²) in [6.07, 6.45) is 8.56. The predicted octanol–water partition coefficient (Wildman–Crippen LogP) is 7.31. The molecule has 0 aliphatic heterocycles. The van der Waals surface area contributed by atoms with Crippen LogP contribution >= 0.6 is 22.7 Å². The smallest absolute Gasteiger partial charge is 0.156 e. The van der Waals surface area contributed by atoms with Crippen LogP contribution in [0.15, 0.2) is 71.4 Å². The summed E-state index contributed by atoms with van der Waals surface area (Å²) in [5.41, 5.74) is 7.05. The van der Waals surface area contributed by atoms with Crippen LogP contribution in [0.4, 0.5) is 0 Å².